The molecule has 0 heterocycles. The summed E-state index contributed by atoms with van der Waals surface area (Å²) >= 11 is 0. The van der Waals surface area contributed by atoms with Crippen molar-refractivity contribution in [2.45, 2.75) is 24.8 Å². The molecule has 17 heavy (non-hydrogen) atoms. The summed E-state index contributed by atoms with van der Waals surface area (Å²) in [5.74, 6) is 0. The zero-order valence-electron chi connectivity index (χ0n) is 10.2. The van der Waals surface area contributed by atoms with Crippen LogP contribution in [0.3, 0.4) is 0 Å². The second-order valence-electron chi connectivity index (χ2n) is 3.92. The van der Waals surface area contributed by atoms with Gasteiger partial charge in [-0.25, -0.2) is 13.1 Å². The SMILES string of the molecule is COC(C)CNS(=O)(=O)c1ccc(C)c(N)c1. The van der Waals surface area contributed by atoms with Crippen LogP contribution in [-0.2, 0) is 14.8 Å². The second-order valence-corrected chi connectivity index (χ2v) is 5.68. The average Bonchev–Trinajstić information content (AvgIpc) is 2.29. The van der Waals surface area contributed by atoms with Crippen LogP contribution in [0.4, 0.5) is 5.69 Å². The molecule has 5 nitrogen and oxygen atoms in total. The molecule has 1 aromatic rings. The van der Waals surface area contributed by atoms with Crippen LogP contribution >= 0.6 is 0 Å². The van der Waals surface area contributed by atoms with Crippen LogP contribution in [0.2, 0.25) is 0 Å². The Morgan fingerprint density at radius 2 is 2.12 bits per heavy atom. The lowest BCUT2D eigenvalue weighted by Crippen LogP contribution is -2.31. The molecule has 1 atom stereocenters. The van der Waals surface area contributed by atoms with E-state index in [-0.39, 0.29) is 17.5 Å². The van der Waals surface area contributed by atoms with Crippen molar-refractivity contribution in [3.8, 4) is 0 Å². The lowest BCUT2D eigenvalue weighted by atomic mass is 10.2. The number of hydrogen-bond donors (Lipinski definition) is 2. The summed E-state index contributed by atoms with van der Waals surface area (Å²) in [5, 5.41) is 0. The number of nitrogens with one attached hydrogen (secondary N) is 1. The summed E-state index contributed by atoms with van der Waals surface area (Å²) in [6.45, 7) is 3.84. The molecule has 0 saturated heterocycles. The van der Waals surface area contributed by atoms with Gasteiger partial charge in [0, 0.05) is 19.3 Å². The minimum absolute atomic E-state index is 0.170. The van der Waals surface area contributed by atoms with E-state index < -0.39 is 10.0 Å². The number of nitrogen functional groups attached to an aromatic ring is 1. The molecule has 0 aliphatic heterocycles. The topological polar surface area (TPSA) is 81.4 Å². The summed E-state index contributed by atoms with van der Waals surface area (Å²) in [6, 6.07) is 4.67. The van der Waals surface area contributed by atoms with Crippen molar-refractivity contribution in [2.24, 2.45) is 0 Å². The zero-order valence-corrected chi connectivity index (χ0v) is 11.0. The van der Waals surface area contributed by atoms with E-state index in [0.29, 0.717) is 5.69 Å². The van der Waals surface area contributed by atoms with E-state index in [0.717, 1.165) is 5.56 Å². The third-order valence-electron chi connectivity index (χ3n) is 2.52. The standard InChI is InChI=1S/C11H18N2O3S/c1-8-4-5-10(6-11(8)12)17(14,15)13-7-9(2)16-3/h4-6,9,13H,7,12H2,1-3H3. The molecule has 1 unspecified atom stereocenters. The number of anilines is 1. The van der Waals surface area contributed by atoms with Crippen LogP contribution in [0.15, 0.2) is 23.1 Å². The molecule has 3 N–H and O–H groups in total. The van der Waals surface area contributed by atoms with Crippen molar-refractivity contribution < 1.29 is 13.2 Å². The van der Waals surface area contributed by atoms with Crippen LogP contribution in [-0.4, -0.2) is 28.2 Å². The van der Waals surface area contributed by atoms with Gasteiger partial charge >= 0.3 is 0 Å². The third kappa shape index (κ3) is 3.69. The second kappa shape index (κ2) is 5.48. The van der Waals surface area contributed by atoms with E-state index >= 15 is 0 Å². The smallest absolute Gasteiger partial charge is 0.240 e. The van der Waals surface area contributed by atoms with Crippen molar-refractivity contribution in [3.63, 3.8) is 0 Å². The minimum atomic E-state index is -3.51. The van der Waals surface area contributed by atoms with E-state index in [9.17, 15) is 8.42 Å². The molecule has 0 aliphatic carbocycles. The van der Waals surface area contributed by atoms with Gasteiger partial charge in [-0.3, -0.25) is 0 Å². The van der Waals surface area contributed by atoms with Gasteiger partial charge in [0.1, 0.15) is 0 Å². The average molecular weight is 258 g/mol. The molecule has 1 aromatic carbocycles. The van der Waals surface area contributed by atoms with Crippen LogP contribution in [0.25, 0.3) is 0 Å². The quantitative estimate of drug-likeness (QED) is 0.769. The molecule has 1 rings (SSSR count). The van der Waals surface area contributed by atoms with E-state index in [1.54, 1.807) is 13.0 Å². The molecule has 0 aliphatic rings. The Bertz CT molecular complexity index is 485. The van der Waals surface area contributed by atoms with Crippen molar-refractivity contribution in [1.82, 2.24) is 4.72 Å². The highest BCUT2D eigenvalue weighted by atomic mass is 32.2. The Morgan fingerprint density at radius 1 is 1.47 bits per heavy atom. The maximum absolute atomic E-state index is 11.9. The Labute approximate surface area is 102 Å². The van der Waals surface area contributed by atoms with Gasteiger partial charge in [0.25, 0.3) is 0 Å². The lowest BCUT2D eigenvalue weighted by Gasteiger charge is -2.12. The van der Waals surface area contributed by atoms with Crippen molar-refractivity contribution >= 4 is 15.7 Å². The molecule has 96 valence electrons. The summed E-state index contributed by atoms with van der Waals surface area (Å²) in [4.78, 5) is 0.170. The Morgan fingerprint density at radius 3 is 2.65 bits per heavy atom. The summed E-state index contributed by atoms with van der Waals surface area (Å²) in [5.41, 5.74) is 7.00. The van der Waals surface area contributed by atoms with Gasteiger partial charge in [-0.1, -0.05) is 6.07 Å². The number of sulfonamides is 1. The largest absolute Gasteiger partial charge is 0.398 e. The maximum atomic E-state index is 11.9. The summed E-state index contributed by atoms with van der Waals surface area (Å²) < 4.78 is 31.2. The molecule has 0 aromatic heterocycles. The lowest BCUT2D eigenvalue weighted by molar-refractivity contribution is 0.122. The summed E-state index contributed by atoms with van der Waals surface area (Å²) in [6.07, 6.45) is -0.174. The zero-order chi connectivity index (χ0) is 13.1. The van der Waals surface area contributed by atoms with Crippen molar-refractivity contribution in [3.05, 3.63) is 23.8 Å². The highest BCUT2D eigenvalue weighted by Gasteiger charge is 2.15. The minimum Gasteiger partial charge on any atom is -0.398 e. The molecule has 0 spiro atoms. The Balaban J connectivity index is 2.86. The maximum Gasteiger partial charge on any atom is 0.240 e. The van der Waals surface area contributed by atoms with E-state index in [1.807, 2.05) is 6.92 Å². The Hall–Kier alpha value is -1.11. The van der Waals surface area contributed by atoms with Crippen LogP contribution in [0.5, 0.6) is 0 Å². The van der Waals surface area contributed by atoms with E-state index in [2.05, 4.69) is 4.72 Å². The van der Waals surface area contributed by atoms with Crippen LogP contribution in [0, 0.1) is 6.92 Å². The van der Waals surface area contributed by atoms with Crippen LogP contribution < -0.4 is 10.5 Å². The highest BCUT2D eigenvalue weighted by Crippen LogP contribution is 2.16. The first kappa shape index (κ1) is 14.0. The van der Waals surface area contributed by atoms with Gasteiger partial charge in [-0.15, -0.1) is 0 Å². The molecule has 0 radical (unpaired) electrons. The first-order valence-electron chi connectivity index (χ1n) is 5.25. The first-order chi connectivity index (χ1) is 7.86. The normalized spacial score (nSPS) is 13.6. The fourth-order valence-electron chi connectivity index (χ4n) is 1.18. The fraction of sp³-hybridized carbons (Fsp3) is 0.455. The van der Waals surface area contributed by atoms with Gasteiger partial charge in [0.15, 0.2) is 0 Å². The van der Waals surface area contributed by atoms with Crippen molar-refractivity contribution in [2.75, 3.05) is 19.4 Å². The molecule has 0 saturated carbocycles. The number of methoxy groups -OCH3 is 1. The molecule has 0 amide bonds. The van der Waals surface area contributed by atoms with E-state index in [1.165, 1.54) is 19.2 Å². The fourth-order valence-corrected chi connectivity index (χ4v) is 2.33. The number of aryl methyl sites for hydroxylation is 1. The van der Waals surface area contributed by atoms with Gasteiger partial charge < -0.3 is 10.5 Å². The number of hydrogen-bond acceptors (Lipinski definition) is 4. The van der Waals surface area contributed by atoms with Gasteiger partial charge in [-0.05, 0) is 31.5 Å². The molecule has 6 heteroatoms. The monoisotopic (exact) mass is 258 g/mol. The van der Waals surface area contributed by atoms with E-state index in [4.69, 9.17) is 10.5 Å². The number of rotatable bonds is 5. The number of ether oxygens (including phenoxy) is 1. The number of benzene rings is 1. The Kier molecular flexibility index (Phi) is 4.50. The summed E-state index contributed by atoms with van der Waals surface area (Å²) in [7, 11) is -1.98. The first-order valence-corrected chi connectivity index (χ1v) is 6.73. The predicted octanol–water partition coefficient (Wildman–Crippen LogP) is 0.890. The molecule has 0 bridgehead atoms. The molecule has 0 fully saturated rings. The molecular formula is C11H18N2O3S. The van der Waals surface area contributed by atoms with Gasteiger partial charge in [0.2, 0.25) is 10.0 Å². The molecular weight excluding hydrogens is 240 g/mol. The predicted molar refractivity (Wildman–Crippen MR) is 67.3 cm³/mol. The van der Waals surface area contributed by atoms with Gasteiger partial charge in [0.05, 0.1) is 11.0 Å². The van der Waals surface area contributed by atoms with Crippen molar-refractivity contribution in [1.29, 1.82) is 0 Å². The third-order valence-corrected chi connectivity index (χ3v) is 3.95. The van der Waals surface area contributed by atoms with Crippen LogP contribution in [0.1, 0.15) is 12.5 Å². The van der Waals surface area contributed by atoms with Gasteiger partial charge in [-0.2, -0.15) is 0 Å². The highest BCUT2D eigenvalue weighted by molar-refractivity contribution is 7.89. The number of nitrogens with two attached hydrogens (primary N) is 1.